The molecule has 0 aliphatic rings. The number of rotatable bonds is 4. The van der Waals surface area contributed by atoms with E-state index in [4.69, 9.17) is 29.6 Å². The number of nitrogens with zero attached hydrogens (tertiary/aromatic N) is 1. The van der Waals surface area contributed by atoms with E-state index in [1.807, 2.05) is 25.2 Å². The second kappa shape index (κ2) is 6.25. The van der Waals surface area contributed by atoms with E-state index in [2.05, 4.69) is 36.1 Å². The molecule has 0 saturated carbocycles. The zero-order valence-corrected chi connectivity index (χ0v) is 13.1. The molecule has 0 heterocycles. The second-order valence-electron chi connectivity index (χ2n) is 4.88. The van der Waals surface area contributed by atoms with Crippen molar-refractivity contribution in [2.45, 2.75) is 13.5 Å². The van der Waals surface area contributed by atoms with Gasteiger partial charge in [0.15, 0.2) is 0 Å². The maximum absolute atomic E-state index is 6.31. The van der Waals surface area contributed by atoms with Crippen molar-refractivity contribution in [1.82, 2.24) is 0 Å². The van der Waals surface area contributed by atoms with Gasteiger partial charge in [0.05, 0.1) is 10.7 Å². The maximum Gasteiger partial charge on any atom is 0.104 e. The lowest BCUT2D eigenvalue weighted by molar-refractivity contribution is 0.921. The van der Waals surface area contributed by atoms with Crippen molar-refractivity contribution in [3.8, 4) is 0 Å². The van der Waals surface area contributed by atoms with Crippen molar-refractivity contribution in [2.24, 2.45) is 5.73 Å². The third-order valence-electron chi connectivity index (χ3n) is 3.15. The number of benzene rings is 2. The molecule has 0 aliphatic carbocycles. The molecule has 4 heteroatoms. The highest BCUT2D eigenvalue weighted by molar-refractivity contribution is 7.80. The number of hydrogen-bond donors (Lipinski definition) is 1. The number of hydrogen-bond acceptors (Lipinski definition) is 2. The lowest BCUT2D eigenvalue weighted by atomic mass is 10.1. The molecule has 2 aromatic carbocycles. The SMILES string of the molecule is Cc1cccc(CN(C)c2ccc(C(N)=S)cc2Cl)c1. The molecule has 2 N–H and O–H groups in total. The van der Waals surface area contributed by atoms with E-state index in [9.17, 15) is 0 Å². The maximum atomic E-state index is 6.31. The fourth-order valence-electron chi connectivity index (χ4n) is 2.14. The molecule has 20 heavy (non-hydrogen) atoms. The van der Waals surface area contributed by atoms with Gasteiger partial charge < -0.3 is 10.6 Å². The molecule has 0 aromatic heterocycles. The van der Waals surface area contributed by atoms with Crippen LogP contribution < -0.4 is 10.6 Å². The Balaban J connectivity index is 2.21. The highest BCUT2D eigenvalue weighted by Gasteiger charge is 2.08. The van der Waals surface area contributed by atoms with Crippen LogP contribution in [-0.4, -0.2) is 12.0 Å². The molecule has 2 aromatic rings. The average molecular weight is 305 g/mol. The van der Waals surface area contributed by atoms with Crippen molar-refractivity contribution >= 4 is 34.5 Å². The van der Waals surface area contributed by atoms with Crippen molar-refractivity contribution in [3.05, 3.63) is 64.2 Å². The minimum absolute atomic E-state index is 0.361. The molecule has 2 nitrogen and oxygen atoms in total. The Morgan fingerprint density at radius 1 is 1.25 bits per heavy atom. The first-order chi connectivity index (χ1) is 9.47. The number of thiocarbonyl (C=S) groups is 1. The van der Waals surface area contributed by atoms with Gasteiger partial charge in [-0.1, -0.05) is 53.6 Å². The highest BCUT2D eigenvalue weighted by atomic mass is 35.5. The Labute approximate surface area is 130 Å². The van der Waals surface area contributed by atoms with Crippen LogP contribution in [0, 0.1) is 6.92 Å². The van der Waals surface area contributed by atoms with Crippen molar-refractivity contribution in [2.75, 3.05) is 11.9 Å². The molecule has 0 bridgehead atoms. The fourth-order valence-corrected chi connectivity index (χ4v) is 2.59. The molecule has 0 amide bonds. The summed E-state index contributed by atoms with van der Waals surface area (Å²) in [6.07, 6.45) is 0. The average Bonchev–Trinajstić information content (AvgIpc) is 2.38. The highest BCUT2D eigenvalue weighted by Crippen LogP contribution is 2.27. The smallest absolute Gasteiger partial charge is 0.104 e. The summed E-state index contributed by atoms with van der Waals surface area (Å²) in [5.41, 5.74) is 9.87. The monoisotopic (exact) mass is 304 g/mol. The minimum atomic E-state index is 0.361. The number of nitrogens with two attached hydrogens (primary N) is 1. The summed E-state index contributed by atoms with van der Waals surface area (Å²) < 4.78 is 0. The van der Waals surface area contributed by atoms with Crippen LogP contribution in [0.1, 0.15) is 16.7 Å². The molecule has 0 saturated heterocycles. The van der Waals surface area contributed by atoms with E-state index < -0.39 is 0 Å². The van der Waals surface area contributed by atoms with Crippen LogP contribution in [0.3, 0.4) is 0 Å². The van der Waals surface area contributed by atoms with Crippen molar-refractivity contribution in [1.29, 1.82) is 0 Å². The van der Waals surface area contributed by atoms with Crippen LogP contribution in [0.5, 0.6) is 0 Å². The van der Waals surface area contributed by atoms with Crippen molar-refractivity contribution in [3.63, 3.8) is 0 Å². The number of aryl methyl sites for hydroxylation is 1. The first kappa shape index (κ1) is 14.8. The lowest BCUT2D eigenvalue weighted by Crippen LogP contribution is -2.17. The van der Waals surface area contributed by atoms with E-state index in [1.54, 1.807) is 0 Å². The van der Waals surface area contributed by atoms with E-state index in [0.29, 0.717) is 10.0 Å². The zero-order chi connectivity index (χ0) is 14.7. The van der Waals surface area contributed by atoms with Gasteiger partial charge in [0.2, 0.25) is 0 Å². The summed E-state index contributed by atoms with van der Waals surface area (Å²) in [6, 6.07) is 14.1. The first-order valence-electron chi connectivity index (χ1n) is 6.33. The largest absolute Gasteiger partial charge is 0.389 e. The normalized spacial score (nSPS) is 10.3. The third-order valence-corrected chi connectivity index (χ3v) is 3.68. The summed E-state index contributed by atoms with van der Waals surface area (Å²) in [7, 11) is 2.02. The van der Waals surface area contributed by atoms with Crippen LogP contribution in [0.15, 0.2) is 42.5 Å². The summed E-state index contributed by atoms with van der Waals surface area (Å²) in [4.78, 5) is 2.47. The second-order valence-corrected chi connectivity index (χ2v) is 5.72. The first-order valence-corrected chi connectivity index (χ1v) is 7.12. The van der Waals surface area contributed by atoms with Crippen LogP contribution in [0.25, 0.3) is 0 Å². The van der Waals surface area contributed by atoms with Crippen LogP contribution >= 0.6 is 23.8 Å². The molecule has 0 spiro atoms. The molecule has 0 aliphatic heterocycles. The van der Waals surface area contributed by atoms with E-state index in [-0.39, 0.29) is 0 Å². The molecular weight excluding hydrogens is 288 g/mol. The van der Waals surface area contributed by atoms with E-state index in [0.717, 1.165) is 17.8 Å². The van der Waals surface area contributed by atoms with Gasteiger partial charge in [-0.05, 0) is 30.7 Å². The Kier molecular flexibility index (Phi) is 4.63. The van der Waals surface area contributed by atoms with E-state index >= 15 is 0 Å². The minimum Gasteiger partial charge on any atom is -0.389 e. The zero-order valence-electron chi connectivity index (χ0n) is 11.6. The van der Waals surface area contributed by atoms with Gasteiger partial charge in [0, 0.05) is 19.2 Å². The van der Waals surface area contributed by atoms with Crippen LogP contribution in [-0.2, 0) is 6.54 Å². The molecule has 0 fully saturated rings. The standard InChI is InChI=1S/C16H17ClN2S/c1-11-4-3-5-12(8-11)10-19(2)15-7-6-13(16(18)20)9-14(15)17/h3-9H,10H2,1-2H3,(H2,18,20). The molecule has 104 valence electrons. The van der Waals surface area contributed by atoms with Gasteiger partial charge in [-0.3, -0.25) is 0 Å². The molecule has 2 rings (SSSR count). The van der Waals surface area contributed by atoms with E-state index in [1.165, 1.54) is 11.1 Å². The molecule has 0 unspecified atom stereocenters. The third kappa shape index (κ3) is 3.50. The predicted molar refractivity (Wildman–Crippen MR) is 90.6 cm³/mol. The van der Waals surface area contributed by atoms with Gasteiger partial charge in [-0.25, -0.2) is 0 Å². The summed E-state index contributed by atoms with van der Waals surface area (Å²) in [6.45, 7) is 2.89. The van der Waals surface area contributed by atoms with Gasteiger partial charge in [0.1, 0.15) is 4.99 Å². The topological polar surface area (TPSA) is 29.3 Å². The Hall–Kier alpha value is -1.58. The summed E-state index contributed by atoms with van der Waals surface area (Å²) >= 11 is 11.3. The Morgan fingerprint density at radius 3 is 2.60 bits per heavy atom. The molecule has 0 radical (unpaired) electrons. The fraction of sp³-hybridized carbons (Fsp3) is 0.188. The molecular formula is C16H17ClN2S. The number of anilines is 1. The van der Waals surface area contributed by atoms with Gasteiger partial charge >= 0.3 is 0 Å². The summed E-state index contributed by atoms with van der Waals surface area (Å²) in [5.74, 6) is 0. The van der Waals surface area contributed by atoms with Gasteiger partial charge in [-0.15, -0.1) is 0 Å². The van der Waals surface area contributed by atoms with Crippen molar-refractivity contribution < 1.29 is 0 Å². The lowest BCUT2D eigenvalue weighted by Gasteiger charge is -2.21. The van der Waals surface area contributed by atoms with Crippen LogP contribution in [0.2, 0.25) is 5.02 Å². The predicted octanol–water partition coefficient (Wildman–Crippen LogP) is 3.92. The summed E-state index contributed by atoms with van der Waals surface area (Å²) in [5, 5.41) is 0.658. The van der Waals surface area contributed by atoms with Gasteiger partial charge in [0.25, 0.3) is 0 Å². The number of halogens is 1. The Morgan fingerprint density at radius 2 is 2.00 bits per heavy atom. The quantitative estimate of drug-likeness (QED) is 0.868. The Bertz CT molecular complexity index is 640. The van der Waals surface area contributed by atoms with Crippen LogP contribution in [0.4, 0.5) is 5.69 Å². The molecule has 0 atom stereocenters. The van der Waals surface area contributed by atoms with Gasteiger partial charge in [-0.2, -0.15) is 0 Å².